The number of ether oxygens (including phenoxy) is 1. The van der Waals surface area contributed by atoms with E-state index in [1.54, 1.807) is 26.0 Å². The molecule has 2 fully saturated rings. The molecule has 1 aliphatic heterocycles. The van der Waals surface area contributed by atoms with Crippen LogP contribution in [0.15, 0.2) is 36.4 Å². The molecule has 2 aliphatic rings. The zero-order chi connectivity index (χ0) is 40.4. The van der Waals surface area contributed by atoms with E-state index in [2.05, 4.69) is 21.3 Å². The number of aliphatic hydroxyl groups excluding tert-OH is 1. The first-order chi connectivity index (χ1) is 26.1. The molecule has 1 aliphatic carbocycles. The lowest BCUT2D eigenvalue weighted by Crippen LogP contribution is -2.58. The summed E-state index contributed by atoms with van der Waals surface area (Å²) in [6, 6.07) is 2.52. The van der Waals surface area contributed by atoms with Crippen LogP contribution < -0.4 is 31.7 Å². The lowest BCUT2D eigenvalue weighted by Gasteiger charge is -2.34. The SMILES string of the molecule is CCCC(NC(=O)C1CC(O)CN1C(=O)C(NC(=O)c1c(F)cccc1F)C1CCCCC1)C(=O)C(=O)NCC(=O)NC(C(N)=O)c1cc(C)cc(OC)c1. The number of hydrogen-bond donors (Lipinski definition) is 6. The lowest BCUT2D eigenvalue weighted by atomic mass is 9.83. The second-order valence-corrected chi connectivity index (χ2v) is 13.9. The summed E-state index contributed by atoms with van der Waals surface area (Å²) in [6.07, 6.45) is 2.37. The maximum absolute atomic E-state index is 14.5. The van der Waals surface area contributed by atoms with Crippen LogP contribution in [0.1, 0.15) is 85.8 Å². The van der Waals surface area contributed by atoms with Gasteiger partial charge in [0, 0.05) is 13.0 Å². The number of primary amides is 1. The van der Waals surface area contributed by atoms with Gasteiger partial charge in [-0.3, -0.25) is 33.6 Å². The molecule has 2 aromatic rings. The third-order valence-corrected chi connectivity index (χ3v) is 9.80. The van der Waals surface area contributed by atoms with Crippen molar-refractivity contribution in [3.63, 3.8) is 0 Å². The number of halogens is 2. The van der Waals surface area contributed by atoms with Crippen molar-refractivity contribution < 1.29 is 52.2 Å². The van der Waals surface area contributed by atoms with Crippen molar-refractivity contribution in [2.24, 2.45) is 11.7 Å². The fourth-order valence-corrected chi connectivity index (χ4v) is 7.08. The van der Waals surface area contributed by atoms with Gasteiger partial charge in [0.05, 0.1) is 25.8 Å². The normalized spacial score (nSPS) is 18.7. The molecule has 0 radical (unpaired) electrons. The van der Waals surface area contributed by atoms with Gasteiger partial charge in [-0.2, -0.15) is 0 Å². The van der Waals surface area contributed by atoms with Crippen molar-refractivity contribution in [3.8, 4) is 5.75 Å². The number of nitrogens with one attached hydrogen (secondary N) is 4. The fraction of sp³-hybridized carbons (Fsp3) is 0.500. The van der Waals surface area contributed by atoms with E-state index in [9.17, 15) is 47.4 Å². The van der Waals surface area contributed by atoms with Crippen LogP contribution in [0.2, 0.25) is 0 Å². The van der Waals surface area contributed by atoms with Crippen LogP contribution in [-0.2, 0) is 28.8 Å². The van der Waals surface area contributed by atoms with Gasteiger partial charge in [-0.1, -0.05) is 44.7 Å². The molecule has 5 unspecified atom stereocenters. The molecule has 0 aromatic heterocycles. The Morgan fingerprint density at radius 3 is 2.27 bits per heavy atom. The number of nitrogens with two attached hydrogens (primary N) is 1. The van der Waals surface area contributed by atoms with Gasteiger partial charge in [-0.05, 0) is 67.5 Å². The van der Waals surface area contributed by atoms with Crippen LogP contribution in [0.3, 0.4) is 0 Å². The largest absolute Gasteiger partial charge is 0.497 e. The number of hydrogen-bond acceptors (Lipinski definition) is 9. The van der Waals surface area contributed by atoms with E-state index < -0.39 is 101 Å². The summed E-state index contributed by atoms with van der Waals surface area (Å²) < 4.78 is 34.2. The number of methoxy groups -OCH3 is 1. The molecule has 6 amide bonds. The van der Waals surface area contributed by atoms with Crippen molar-refractivity contribution in [2.75, 3.05) is 20.2 Å². The molecule has 1 heterocycles. The highest BCUT2D eigenvalue weighted by atomic mass is 19.1. The zero-order valence-electron chi connectivity index (χ0n) is 31.0. The number of Topliss-reactive ketones (excluding diaryl/α,β-unsaturated/α-hetero) is 1. The Bertz CT molecular complexity index is 1770. The topological polar surface area (TPSA) is 226 Å². The minimum absolute atomic E-state index is 0.00130. The average Bonchev–Trinajstić information content (AvgIpc) is 3.55. The minimum Gasteiger partial charge on any atom is -0.497 e. The number of carbonyl (C=O) groups excluding carboxylic acids is 7. The summed E-state index contributed by atoms with van der Waals surface area (Å²) in [6.45, 7) is 2.44. The van der Waals surface area contributed by atoms with E-state index in [-0.39, 0.29) is 19.4 Å². The standard InChI is InChI=1S/C38H48F2N6O9/c1-4-9-27(33(49)37(53)42-18-29(48)44-31(34(41)50)22-14-20(2)15-24(16-22)55-3)43-35(51)28-17-23(47)19-46(28)38(54)32(21-10-6-5-7-11-21)45-36(52)30-25(39)12-8-13-26(30)40/h8,12-16,21,23,27-28,31-32,47H,4-7,9-11,17-19H2,1-3H3,(H2,41,50)(H,42,53)(H,43,51)(H,44,48)(H,45,52). The van der Waals surface area contributed by atoms with Crippen molar-refractivity contribution in [1.82, 2.24) is 26.2 Å². The molecule has 1 saturated carbocycles. The van der Waals surface area contributed by atoms with E-state index in [4.69, 9.17) is 10.5 Å². The summed E-state index contributed by atoms with van der Waals surface area (Å²) in [7, 11) is 1.43. The molecule has 15 nitrogen and oxygen atoms in total. The Morgan fingerprint density at radius 1 is 0.982 bits per heavy atom. The molecular weight excluding hydrogens is 722 g/mol. The number of likely N-dealkylation sites (tertiary alicyclic amines) is 1. The van der Waals surface area contributed by atoms with E-state index >= 15 is 0 Å². The predicted octanol–water partition coefficient (Wildman–Crippen LogP) is 1.24. The highest BCUT2D eigenvalue weighted by Crippen LogP contribution is 2.30. The Kier molecular flexibility index (Phi) is 14.8. The molecular formula is C38H48F2N6O9. The summed E-state index contributed by atoms with van der Waals surface area (Å²) in [5.74, 6) is -8.99. The molecule has 17 heteroatoms. The number of rotatable bonds is 16. The van der Waals surface area contributed by atoms with Crippen LogP contribution >= 0.6 is 0 Å². The Morgan fingerprint density at radius 2 is 1.65 bits per heavy atom. The van der Waals surface area contributed by atoms with Gasteiger partial charge in [-0.15, -0.1) is 0 Å². The lowest BCUT2D eigenvalue weighted by molar-refractivity contribution is -0.143. The Labute approximate surface area is 317 Å². The van der Waals surface area contributed by atoms with Gasteiger partial charge < -0.3 is 41.7 Å². The maximum atomic E-state index is 14.5. The van der Waals surface area contributed by atoms with Crippen molar-refractivity contribution in [1.29, 1.82) is 0 Å². The third-order valence-electron chi connectivity index (χ3n) is 9.80. The van der Waals surface area contributed by atoms with Gasteiger partial charge in [0.2, 0.25) is 29.4 Å². The molecule has 7 N–H and O–H groups in total. The smallest absolute Gasteiger partial charge is 0.290 e. The Balaban J connectivity index is 1.44. The first kappa shape index (κ1) is 42.3. The van der Waals surface area contributed by atoms with Gasteiger partial charge in [0.25, 0.3) is 11.8 Å². The van der Waals surface area contributed by atoms with Crippen LogP contribution in [0, 0.1) is 24.5 Å². The number of amides is 6. The zero-order valence-corrected chi connectivity index (χ0v) is 31.0. The van der Waals surface area contributed by atoms with Crippen LogP contribution in [-0.4, -0.2) is 95.7 Å². The van der Waals surface area contributed by atoms with Gasteiger partial charge in [0.15, 0.2) is 0 Å². The second kappa shape index (κ2) is 19.2. The van der Waals surface area contributed by atoms with Gasteiger partial charge in [-0.25, -0.2) is 8.78 Å². The highest BCUT2D eigenvalue weighted by Gasteiger charge is 2.45. The monoisotopic (exact) mass is 770 g/mol. The van der Waals surface area contributed by atoms with Crippen LogP contribution in [0.4, 0.5) is 8.78 Å². The van der Waals surface area contributed by atoms with E-state index in [1.165, 1.54) is 13.2 Å². The molecule has 0 bridgehead atoms. The maximum Gasteiger partial charge on any atom is 0.290 e. The number of aliphatic hydroxyl groups is 1. The molecule has 2 aromatic carbocycles. The third kappa shape index (κ3) is 10.8. The van der Waals surface area contributed by atoms with E-state index in [0.29, 0.717) is 30.6 Å². The average molecular weight is 771 g/mol. The van der Waals surface area contributed by atoms with E-state index in [0.717, 1.165) is 47.9 Å². The number of carbonyl (C=O) groups is 7. The summed E-state index contributed by atoms with van der Waals surface area (Å²) in [4.78, 5) is 93.2. The number of benzene rings is 2. The van der Waals surface area contributed by atoms with Crippen molar-refractivity contribution in [3.05, 3.63) is 64.7 Å². The number of aryl methyl sites for hydroxylation is 1. The summed E-state index contributed by atoms with van der Waals surface area (Å²) in [5.41, 5.74) is 5.72. The number of β-amino-alcohol motifs (C(OH)–C–C–N with tert-alkyl or cyclic N) is 1. The summed E-state index contributed by atoms with van der Waals surface area (Å²) >= 11 is 0. The highest BCUT2D eigenvalue weighted by molar-refractivity contribution is 6.38. The fourth-order valence-electron chi connectivity index (χ4n) is 7.08. The molecule has 0 spiro atoms. The molecule has 5 atom stereocenters. The molecule has 4 rings (SSSR count). The Hall–Kier alpha value is -5.45. The summed E-state index contributed by atoms with van der Waals surface area (Å²) in [5, 5.41) is 20.2. The molecule has 298 valence electrons. The van der Waals surface area contributed by atoms with Crippen LogP contribution in [0.25, 0.3) is 0 Å². The number of nitrogens with zero attached hydrogens (tertiary/aromatic N) is 1. The van der Waals surface area contributed by atoms with Crippen molar-refractivity contribution in [2.45, 2.75) is 95.5 Å². The van der Waals surface area contributed by atoms with Crippen LogP contribution in [0.5, 0.6) is 5.75 Å². The van der Waals surface area contributed by atoms with Gasteiger partial charge >= 0.3 is 0 Å². The predicted molar refractivity (Wildman–Crippen MR) is 193 cm³/mol. The quantitative estimate of drug-likeness (QED) is 0.135. The first-order valence-electron chi connectivity index (χ1n) is 18.2. The molecule has 1 saturated heterocycles. The first-order valence-corrected chi connectivity index (χ1v) is 18.2. The minimum atomic E-state index is -1.38. The van der Waals surface area contributed by atoms with Gasteiger partial charge in [0.1, 0.15) is 41.1 Å². The van der Waals surface area contributed by atoms with E-state index in [1.807, 2.05) is 0 Å². The number of ketones is 1. The second-order valence-electron chi connectivity index (χ2n) is 13.9. The molecule has 55 heavy (non-hydrogen) atoms. The van der Waals surface area contributed by atoms with Crippen molar-refractivity contribution >= 4 is 41.2 Å².